The number of hydrogen-bond acceptors (Lipinski definition) is 6. The maximum atomic E-state index is 8.66. The highest BCUT2D eigenvalue weighted by atomic mass is 15.3. The van der Waals surface area contributed by atoms with Crippen LogP contribution in [0.15, 0.2) is 0 Å². The van der Waals surface area contributed by atoms with Gasteiger partial charge in [0, 0.05) is 5.87 Å². The van der Waals surface area contributed by atoms with Gasteiger partial charge in [-0.15, -0.1) is 5.10 Å². The summed E-state index contributed by atoms with van der Waals surface area (Å²) in [6, 6.07) is 3.53. The molecule has 1 N–H and O–H groups in total. The molecule has 14 heavy (non-hydrogen) atoms. The highest BCUT2D eigenvalue weighted by Gasteiger charge is 2.12. The van der Waals surface area contributed by atoms with Crippen LogP contribution in [0.2, 0.25) is 0 Å². The van der Waals surface area contributed by atoms with Crippen molar-refractivity contribution in [3.05, 3.63) is 17.0 Å². The molecular weight excluding hydrogens is 182 g/mol. The minimum Gasteiger partial charge on any atom is -0.255 e. The second-order valence-electron chi connectivity index (χ2n) is 2.30. The predicted molar refractivity (Wildman–Crippen MR) is 42.3 cm³/mol. The Kier molecular flexibility index (Phi) is 1.48. The van der Waals surface area contributed by atoms with Crippen molar-refractivity contribution in [1.29, 1.82) is 15.9 Å². The molecule has 0 aliphatic carbocycles. The van der Waals surface area contributed by atoms with E-state index in [1.807, 2.05) is 5.87 Å². The Morgan fingerprint density at radius 3 is 2.57 bits per heavy atom. The van der Waals surface area contributed by atoms with Gasteiger partial charge in [0.05, 0.1) is 0 Å². The van der Waals surface area contributed by atoms with Crippen molar-refractivity contribution < 1.29 is 0 Å². The fourth-order valence-corrected chi connectivity index (χ4v) is 1.02. The van der Waals surface area contributed by atoms with Crippen LogP contribution in [0.3, 0.4) is 0 Å². The molecule has 0 radical (unpaired) electrons. The standard InChI is InChI=1S/C7HN7/c8-1-4-7-12-5(2-9)13-14(7)6(3-10)11-4/h10H. The summed E-state index contributed by atoms with van der Waals surface area (Å²) in [5, 5.41) is 27.8. The molecule has 0 saturated carbocycles. The third-order valence-electron chi connectivity index (χ3n) is 1.55. The van der Waals surface area contributed by atoms with Crippen molar-refractivity contribution in [3.8, 4) is 12.1 Å². The molecule has 0 unspecified atom stereocenters. The number of rotatable bonds is 0. The van der Waals surface area contributed by atoms with Crippen LogP contribution in [0, 0.1) is 28.1 Å². The van der Waals surface area contributed by atoms with Crippen LogP contribution in [0.5, 0.6) is 0 Å². The highest BCUT2D eigenvalue weighted by molar-refractivity contribution is 5.55. The van der Waals surface area contributed by atoms with Gasteiger partial charge in [-0.1, -0.05) is 0 Å². The minimum absolute atomic E-state index is 0.0359. The van der Waals surface area contributed by atoms with Crippen LogP contribution in [-0.4, -0.2) is 25.5 Å². The fourth-order valence-electron chi connectivity index (χ4n) is 1.02. The van der Waals surface area contributed by atoms with Crippen LogP contribution >= 0.6 is 0 Å². The molecule has 0 atom stereocenters. The molecule has 0 aromatic carbocycles. The first-order chi connectivity index (χ1) is 6.80. The lowest BCUT2D eigenvalue weighted by Crippen LogP contribution is -2.14. The second kappa shape index (κ2) is 2.63. The van der Waals surface area contributed by atoms with Crippen molar-refractivity contribution in [2.75, 3.05) is 0 Å². The highest BCUT2D eigenvalue weighted by Crippen LogP contribution is 2.00. The van der Waals surface area contributed by atoms with Gasteiger partial charge in [-0.05, 0) is 0 Å². The molecule has 7 nitrogen and oxygen atoms in total. The average Bonchev–Trinajstić information content (AvgIpc) is 2.74. The number of nitrogens with zero attached hydrogens (tertiary/aromatic N) is 6. The summed E-state index contributed by atoms with van der Waals surface area (Å²) in [7, 11) is 0. The Balaban J connectivity index is 3.03. The van der Waals surface area contributed by atoms with Crippen LogP contribution in [0.25, 0.3) is 5.65 Å². The van der Waals surface area contributed by atoms with Gasteiger partial charge in [-0.25, -0.2) is 4.98 Å². The molecule has 0 saturated heterocycles. The molecule has 0 spiro atoms. The quantitative estimate of drug-likeness (QED) is 0.499. The van der Waals surface area contributed by atoms with Crippen LogP contribution < -0.4 is 5.48 Å². The van der Waals surface area contributed by atoms with E-state index < -0.39 is 0 Å². The molecule has 0 fully saturated rings. The van der Waals surface area contributed by atoms with E-state index in [0.717, 1.165) is 4.52 Å². The van der Waals surface area contributed by atoms with E-state index in [1.54, 1.807) is 12.1 Å². The summed E-state index contributed by atoms with van der Waals surface area (Å²) in [5.74, 6) is 1.94. The molecule has 0 aliphatic rings. The number of fused-ring (bicyclic) bond motifs is 1. The number of imidazole rings is 1. The predicted octanol–water partition coefficient (Wildman–Crippen LogP) is -1.49. The van der Waals surface area contributed by atoms with Gasteiger partial charge < -0.3 is 0 Å². The first kappa shape index (κ1) is 7.87. The second-order valence-corrected chi connectivity index (χ2v) is 2.30. The molecular formula is C7HN7. The fraction of sp³-hybridized carbons (Fsp3) is 0. The third-order valence-corrected chi connectivity index (χ3v) is 1.55. The molecule has 2 aromatic heterocycles. The van der Waals surface area contributed by atoms with E-state index in [-0.39, 0.29) is 22.6 Å². The minimum atomic E-state index is -0.0598. The zero-order chi connectivity index (χ0) is 10.1. The van der Waals surface area contributed by atoms with Crippen LogP contribution in [-0.2, 0) is 0 Å². The largest absolute Gasteiger partial charge is 0.255 e. The lowest BCUT2D eigenvalue weighted by atomic mass is 10.5. The van der Waals surface area contributed by atoms with Crippen LogP contribution in [0.4, 0.5) is 0 Å². The maximum Gasteiger partial charge on any atom is 0.253 e. The topological polar surface area (TPSA) is 115 Å². The lowest BCUT2D eigenvalue weighted by Gasteiger charge is -1.72. The molecule has 64 valence electrons. The summed E-state index contributed by atoms with van der Waals surface area (Å²) in [6.45, 7) is 0. The van der Waals surface area contributed by atoms with Gasteiger partial charge in [-0.2, -0.15) is 20.0 Å². The van der Waals surface area contributed by atoms with Crippen molar-refractivity contribution in [2.45, 2.75) is 0 Å². The smallest absolute Gasteiger partial charge is 0.253 e. The van der Waals surface area contributed by atoms with Crippen molar-refractivity contribution in [2.24, 2.45) is 0 Å². The third kappa shape index (κ3) is 0.845. The molecule has 0 bridgehead atoms. The number of nitriles is 2. The zero-order valence-corrected chi connectivity index (χ0v) is 6.68. The summed E-state index contributed by atoms with van der Waals surface area (Å²) < 4.78 is 1.14. The SMILES string of the molecule is N#Cc1nc2c(C#N)nc(=C=N)n2n1. The summed E-state index contributed by atoms with van der Waals surface area (Å²) >= 11 is 0. The first-order valence-electron chi connectivity index (χ1n) is 3.46. The molecule has 2 heterocycles. The average molecular weight is 183 g/mol. The first-order valence-corrected chi connectivity index (χ1v) is 3.46. The van der Waals surface area contributed by atoms with Crippen LogP contribution in [0.1, 0.15) is 11.5 Å². The van der Waals surface area contributed by atoms with E-state index in [1.165, 1.54) is 0 Å². The summed E-state index contributed by atoms with van der Waals surface area (Å²) in [4.78, 5) is 7.48. The van der Waals surface area contributed by atoms with Crippen molar-refractivity contribution >= 4 is 11.5 Å². The molecule has 2 aromatic rings. The van der Waals surface area contributed by atoms with E-state index in [2.05, 4.69) is 15.1 Å². The number of nitrogens with one attached hydrogen (secondary N) is 1. The lowest BCUT2D eigenvalue weighted by molar-refractivity contribution is 0.906. The molecule has 7 heteroatoms. The molecule has 2 rings (SSSR count). The Morgan fingerprint density at radius 2 is 2.00 bits per heavy atom. The van der Waals surface area contributed by atoms with E-state index in [0.29, 0.717) is 0 Å². The van der Waals surface area contributed by atoms with E-state index in [4.69, 9.17) is 15.9 Å². The number of hydrogen-bond donors (Lipinski definition) is 1. The van der Waals surface area contributed by atoms with Gasteiger partial charge in [-0.3, -0.25) is 5.41 Å². The van der Waals surface area contributed by atoms with Gasteiger partial charge in [0.25, 0.3) is 5.82 Å². The Morgan fingerprint density at radius 1 is 1.21 bits per heavy atom. The normalized spacial score (nSPS) is 9.29. The summed E-state index contributed by atoms with van der Waals surface area (Å²) in [6.07, 6.45) is 0. The number of aromatic nitrogens is 4. The van der Waals surface area contributed by atoms with E-state index in [9.17, 15) is 0 Å². The van der Waals surface area contributed by atoms with E-state index >= 15 is 0 Å². The van der Waals surface area contributed by atoms with Gasteiger partial charge in [0.15, 0.2) is 11.3 Å². The zero-order valence-electron chi connectivity index (χ0n) is 6.68. The monoisotopic (exact) mass is 183 g/mol. The van der Waals surface area contributed by atoms with Gasteiger partial charge in [0.1, 0.15) is 12.1 Å². The van der Waals surface area contributed by atoms with Gasteiger partial charge >= 0.3 is 0 Å². The Bertz CT molecular complexity index is 661. The van der Waals surface area contributed by atoms with Crippen molar-refractivity contribution in [1.82, 2.24) is 19.6 Å². The maximum absolute atomic E-state index is 8.66. The molecule has 0 amide bonds. The Labute approximate surface area is 77.0 Å². The van der Waals surface area contributed by atoms with Gasteiger partial charge in [0.2, 0.25) is 5.48 Å². The van der Waals surface area contributed by atoms with Crippen molar-refractivity contribution in [3.63, 3.8) is 0 Å². The Hall–Kier alpha value is -2.76. The summed E-state index contributed by atoms with van der Waals surface area (Å²) in [5.41, 5.74) is 0.276. The molecule has 0 aliphatic heterocycles.